The van der Waals surface area contributed by atoms with E-state index in [1.165, 1.54) is 5.69 Å². The second kappa shape index (κ2) is 5.10. The Bertz CT molecular complexity index is 471. The molecule has 106 valence electrons. The van der Waals surface area contributed by atoms with Crippen LogP contribution < -0.4 is 10.6 Å². The predicted molar refractivity (Wildman–Crippen MR) is 78.4 cm³/mol. The summed E-state index contributed by atoms with van der Waals surface area (Å²) < 4.78 is 5.97. The second-order valence-electron chi connectivity index (χ2n) is 6.12. The highest BCUT2D eigenvalue weighted by molar-refractivity contribution is 5.56. The number of aryl methyl sites for hydroxylation is 2. The summed E-state index contributed by atoms with van der Waals surface area (Å²) in [7, 11) is 0. The fraction of sp³-hybridized carbons (Fsp3) is 0.667. The molecule has 1 fully saturated rings. The van der Waals surface area contributed by atoms with Crippen LogP contribution in [0, 0.1) is 13.8 Å². The zero-order chi connectivity index (χ0) is 14.2. The molecule has 0 bridgehead atoms. The summed E-state index contributed by atoms with van der Waals surface area (Å²) in [4.78, 5) is 6.90. The lowest BCUT2D eigenvalue weighted by Gasteiger charge is -2.43. The Labute approximate surface area is 116 Å². The maximum Gasteiger partial charge on any atom is 0.0805 e. The molecule has 2 heterocycles. The van der Waals surface area contributed by atoms with E-state index in [4.69, 9.17) is 10.5 Å². The lowest BCUT2D eigenvalue weighted by Crippen LogP contribution is -2.52. The first kappa shape index (κ1) is 14.3. The van der Waals surface area contributed by atoms with E-state index < -0.39 is 0 Å². The van der Waals surface area contributed by atoms with Gasteiger partial charge in [-0.25, -0.2) is 0 Å². The van der Waals surface area contributed by atoms with E-state index in [2.05, 4.69) is 36.7 Å². The van der Waals surface area contributed by atoms with Crippen LogP contribution in [0.1, 0.15) is 37.7 Å². The van der Waals surface area contributed by atoms with E-state index in [9.17, 15) is 0 Å². The number of ether oxygens (including phenoxy) is 1. The second-order valence-corrected chi connectivity index (χ2v) is 6.12. The number of nitrogens with two attached hydrogens (primary N) is 1. The lowest BCUT2D eigenvalue weighted by atomic mass is 10.0. The summed E-state index contributed by atoms with van der Waals surface area (Å²) in [6.45, 7) is 12.8. The van der Waals surface area contributed by atoms with Gasteiger partial charge in [-0.1, -0.05) is 0 Å². The highest BCUT2D eigenvalue weighted by atomic mass is 16.5. The van der Waals surface area contributed by atoms with Gasteiger partial charge in [0.25, 0.3) is 0 Å². The van der Waals surface area contributed by atoms with Gasteiger partial charge in [0.1, 0.15) is 0 Å². The number of rotatable bonds is 2. The van der Waals surface area contributed by atoms with E-state index in [-0.39, 0.29) is 11.7 Å². The largest absolute Gasteiger partial charge is 0.369 e. The number of hydrogen-bond acceptors (Lipinski definition) is 4. The van der Waals surface area contributed by atoms with E-state index in [0.29, 0.717) is 6.54 Å². The molecule has 0 amide bonds. The zero-order valence-corrected chi connectivity index (χ0v) is 12.7. The molecule has 1 unspecified atom stereocenters. The van der Waals surface area contributed by atoms with Crippen molar-refractivity contribution in [2.75, 3.05) is 18.0 Å². The number of pyridine rings is 1. The molecule has 2 N–H and O–H groups in total. The Hall–Kier alpha value is -1.13. The molecule has 4 nitrogen and oxygen atoms in total. The van der Waals surface area contributed by atoms with Crippen LogP contribution in [0.2, 0.25) is 0 Å². The van der Waals surface area contributed by atoms with Crippen molar-refractivity contribution in [1.29, 1.82) is 0 Å². The molecular weight excluding hydrogens is 238 g/mol. The molecule has 0 aromatic carbocycles. The van der Waals surface area contributed by atoms with Gasteiger partial charge >= 0.3 is 0 Å². The van der Waals surface area contributed by atoms with Crippen LogP contribution in [0.25, 0.3) is 0 Å². The minimum Gasteiger partial charge on any atom is -0.369 e. The molecule has 4 heteroatoms. The lowest BCUT2D eigenvalue weighted by molar-refractivity contribution is -0.0750. The first-order chi connectivity index (χ1) is 8.82. The minimum atomic E-state index is -0.130. The molecular formula is C15H25N3O. The molecule has 1 atom stereocenters. The minimum absolute atomic E-state index is 0.130. The van der Waals surface area contributed by atoms with Crippen LogP contribution in [0.4, 0.5) is 5.69 Å². The predicted octanol–water partition coefficient (Wildman–Crippen LogP) is 2.16. The van der Waals surface area contributed by atoms with Gasteiger partial charge in [-0.3, -0.25) is 4.98 Å². The molecule has 1 aliphatic rings. The summed E-state index contributed by atoms with van der Waals surface area (Å²) >= 11 is 0. The molecule has 0 spiro atoms. The van der Waals surface area contributed by atoms with E-state index in [0.717, 1.165) is 30.0 Å². The van der Waals surface area contributed by atoms with E-state index >= 15 is 0 Å². The average Bonchev–Trinajstić information content (AvgIpc) is 2.25. The van der Waals surface area contributed by atoms with Crippen molar-refractivity contribution in [3.8, 4) is 0 Å². The average molecular weight is 263 g/mol. The Morgan fingerprint density at radius 3 is 2.74 bits per heavy atom. The molecule has 0 aliphatic carbocycles. The van der Waals surface area contributed by atoms with Crippen LogP contribution in [0.15, 0.2) is 6.07 Å². The summed E-state index contributed by atoms with van der Waals surface area (Å²) in [5.74, 6) is 0. The molecule has 1 aromatic rings. The highest BCUT2D eigenvalue weighted by Crippen LogP contribution is 2.30. The monoisotopic (exact) mass is 263 g/mol. The number of aromatic nitrogens is 1. The van der Waals surface area contributed by atoms with Gasteiger partial charge < -0.3 is 15.4 Å². The van der Waals surface area contributed by atoms with Crippen LogP contribution in [0.5, 0.6) is 0 Å². The van der Waals surface area contributed by atoms with Crippen LogP contribution in [-0.2, 0) is 11.3 Å². The third-order valence-corrected chi connectivity index (χ3v) is 3.55. The Balaban J connectivity index is 2.40. The van der Waals surface area contributed by atoms with Crippen molar-refractivity contribution in [2.45, 2.75) is 52.9 Å². The van der Waals surface area contributed by atoms with Crippen molar-refractivity contribution in [1.82, 2.24) is 4.98 Å². The molecule has 0 radical (unpaired) electrons. The summed E-state index contributed by atoms with van der Waals surface area (Å²) in [5, 5.41) is 0. The first-order valence-electron chi connectivity index (χ1n) is 6.92. The molecule has 1 aromatic heterocycles. The van der Waals surface area contributed by atoms with E-state index in [1.807, 2.05) is 13.8 Å². The van der Waals surface area contributed by atoms with Crippen LogP contribution in [0.3, 0.4) is 0 Å². The van der Waals surface area contributed by atoms with Gasteiger partial charge in [0.15, 0.2) is 0 Å². The third kappa shape index (κ3) is 3.07. The summed E-state index contributed by atoms with van der Waals surface area (Å²) in [5.41, 5.74) is 10.2. The van der Waals surface area contributed by atoms with Crippen LogP contribution >= 0.6 is 0 Å². The quantitative estimate of drug-likeness (QED) is 0.888. The van der Waals surface area contributed by atoms with Gasteiger partial charge in [0.05, 0.1) is 11.7 Å². The Kier molecular flexibility index (Phi) is 3.83. The zero-order valence-electron chi connectivity index (χ0n) is 12.7. The molecule has 1 saturated heterocycles. The maximum atomic E-state index is 5.97. The standard InChI is InChI=1S/C15H25N3O/c1-10-6-14(13(7-16)12(3)17-10)18-8-11(2)19-15(4,5)9-18/h6,11H,7-9,16H2,1-5H3. The van der Waals surface area contributed by atoms with Gasteiger partial charge in [-0.05, 0) is 40.7 Å². The van der Waals surface area contributed by atoms with Crippen molar-refractivity contribution in [2.24, 2.45) is 5.73 Å². The van der Waals surface area contributed by atoms with Gasteiger partial charge in [-0.2, -0.15) is 0 Å². The van der Waals surface area contributed by atoms with Crippen molar-refractivity contribution in [3.05, 3.63) is 23.0 Å². The SMILES string of the molecule is Cc1cc(N2CC(C)OC(C)(C)C2)c(CN)c(C)n1. The van der Waals surface area contributed by atoms with Crippen LogP contribution in [-0.4, -0.2) is 29.8 Å². The molecule has 2 rings (SSSR count). The van der Waals surface area contributed by atoms with E-state index in [1.54, 1.807) is 0 Å². The molecule has 1 aliphatic heterocycles. The fourth-order valence-electron chi connectivity index (χ4n) is 3.01. The van der Waals surface area contributed by atoms with Crippen molar-refractivity contribution in [3.63, 3.8) is 0 Å². The number of nitrogens with zero attached hydrogens (tertiary/aromatic N) is 2. The topological polar surface area (TPSA) is 51.4 Å². The van der Waals surface area contributed by atoms with Gasteiger partial charge in [-0.15, -0.1) is 0 Å². The Morgan fingerprint density at radius 2 is 2.16 bits per heavy atom. The fourth-order valence-corrected chi connectivity index (χ4v) is 3.01. The third-order valence-electron chi connectivity index (χ3n) is 3.55. The summed E-state index contributed by atoms with van der Waals surface area (Å²) in [6.07, 6.45) is 0.225. The molecule has 0 saturated carbocycles. The first-order valence-corrected chi connectivity index (χ1v) is 6.92. The maximum absolute atomic E-state index is 5.97. The highest BCUT2D eigenvalue weighted by Gasteiger charge is 2.32. The van der Waals surface area contributed by atoms with Crippen molar-refractivity contribution < 1.29 is 4.74 Å². The van der Waals surface area contributed by atoms with Gasteiger partial charge in [0.2, 0.25) is 0 Å². The smallest absolute Gasteiger partial charge is 0.0805 e. The number of anilines is 1. The molecule has 19 heavy (non-hydrogen) atoms. The normalized spacial score (nSPS) is 22.6. The number of morpholine rings is 1. The van der Waals surface area contributed by atoms with Crippen molar-refractivity contribution >= 4 is 5.69 Å². The Morgan fingerprint density at radius 1 is 1.47 bits per heavy atom. The summed E-state index contributed by atoms with van der Waals surface area (Å²) in [6, 6.07) is 2.14. The number of hydrogen-bond donors (Lipinski definition) is 1. The van der Waals surface area contributed by atoms with Gasteiger partial charge in [0, 0.05) is 42.3 Å².